The van der Waals surface area contributed by atoms with Crippen LogP contribution >= 0.6 is 0 Å². The number of carboxylic acid groups (broad SMARTS) is 1. The monoisotopic (exact) mass is 517 g/mol. The quantitative estimate of drug-likeness (QED) is 0.333. The van der Waals surface area contributed by atoms with E-state index in [1.165, 1.54) is 30.9 Å². The Hall–Kier alpha value is -3.93. The molecule has 1 aromatic heterocycles. The highest BCUT2D eigenvalue weighted by molar-refractivity contribution is 5.93. The van der Waals surface area contributed by atoms with Gasteiger partial charge in [0.2, 0.25) is 11.8 Å². The van der Waals surface area contributed by atoms with Gasteiger partial charge in [-0.25, -0.2) is 9.78 Å². The molecule has 202 valence electrons. The molecule has 0 spiro atoms. The van der Waals surface area contributed by atoms with Gasteiger partial charge in [0.05, 0.1) is 25.5 Å². The number of rotatable bonds is 12. The predicted molar refractivity (Wildman–Crippen MR) is 135 cm³/mol. The SMILES string of the molecule is CC(C)(C)OC(=O)NC(C)(C)C(=O)NC[C@H](COCc1ccccc1)C(=O)Nc1cn(CC(=O)O)cn1. The highest BCUT2D eigenvalue weighted by Crippen LogP contribution is 2.12. The van der Waals surface area contributed by atoms with E-state index in [0.717, 1.165) is 5.56 Å². The lowest BCUT2D eigenvalue weighted by molar-refractivity contribution is -0.137. The Kier molecular flexibility index (Phi) is 10.2. The molecule has 0 fully saturated rings. The Balaban J connectivity index is 2.03. The van der Waals surface area contributed by atoms with Crippen molar-refractivity contribution in [3.8, 4) is 0 Å². The number of nitrogens with zero attached hydrogens (tertiary/aromatic N) is 2. The molecule has 0 aliphatic heterocycles. The number of carbonyl (C=O) groups is 4. The van der Waals surface area contributed by atoms with Gasteiger partial charge >= 0.3 is 12.1 Å². The molecule has 0 aliphatic carbocycles. The Morgan fingerprint density at radius 1 is 1.08 bits per heavy atom. The zero-order valence-corrected chi connectivity index (χ0v) is 21.7. The van der Waals surface area contributed by atoms with E-state index in [4.69, 9.17) is 14.6 Å². The first kappa shape index (κ1) is 29.3. The zero-order chi connectivity index (χ0) is 27.6. The molecule has 1 atom stereocenters. The van der Waals surface area contributed by atoms with Gasteiger partial charge < -0.3 is 35.1 Å². The zero-order valence-electron chi connectivity index (χ0n) is 21.7. The fourth-order valence-corrected chi connectivity index (χ4v) is 3.07. The van der Waals surface area contributed by atoms with E-state index in [1.54, 1.807) is 20.8 Å². The lowest BCUT2D eigenvalue weighted by Crippen LogP contribution is -2.56. The molecule has 0 radical (unpaired) electrons. The van der Waals surface area contributed by atoms with Gasteiger partial charge in [-0.1, -0.05) is 30.3 Å². The molecule has 1 heterocycles. The summed E-state index contributed by atoms with van der Waals surface area (Å²) < 4.78 is 12.3. The molecule has 12 heteroatoms. The van der Waals surface area contributed by atoms with Crippen molar-refractivity contribution in [3.05, 3.63) is 48.4 Å². The van der Waals surface area contributed by atoms with Gasteiger partial charge in [0.25, 0.3) is 0 Å². The first-order valence-corrected chi connectivity index (χ1v) is 11.7. The van der Waals surface area contributed by atoms with Gasteiger partial charge in [-0.3, -0.25) is 14.4 Å². The number of benzene rings is 1. The summed E-state index contributed by atoms with van der Waals surface area (Å²) in [6, 6.07) is 9.39. The van der Waals surface area contributed by atoms with Crippen molar-refractivity contribution in [1.29, 1.82) is 0 Å². The summed E-state index contributed by atoms with van der Waals surface area (Å²) in [6.45, 7) is 8.02. The highest BCUT2D eigenvalue weighted by atomic mass is 16.6. The van der Waals surface area contributed by atoms with Crippen LogP contribution in [-0.4, -0.2) is 62.8 Å². The molecule has 3 amide bonds. The number of hydrogen-bond donors (Lipinski definition) is 4. The molecule has 12 nitrogen and oxygen atoms in total. The average molecular weight is 518 g/mol. The second-order valence-electron chi connectivity index (χ2n) is 9.97. The molecule has 2 rings (SSSR count). The van der Waals surface area contributed by atoms with Crippen molar-refractivity contribution in [1.82, 2.24) is 20.2 Å². The van der Waals surface area contributed by atoms with Gasteiger partial charge in [0, 0.05) is 12.7 Å². The number of nitrogens with one attached hydrogen (secondary N) is 3. The predicted octanol–water partition coefficient (Wildman–Crippen LogP) is 2.16. The Morgan fingerprint density at radius 2 is 1.76 bits per heavy atom. The van der Waals surface area contributed by atoms with Gasteiger partial charge in [0.15, 0.2) is 5.82 Å². The van der Waals surface area contributed by atoms with Crippen LogP contribution in [0.2, 0.25) is 0 Å². The minimum absolute atomic E-state index is 0.0171. The van der Waals surface area contributed by atoms with E-state index in [2.05, 4.69) is 20.9 Å². The van der Waals surface area contributed by atoms with E-state index in [-0.39, 0.29) is 32.1 Å². The third kappa shape index (κ3) is 10.7. The first-order chi connectivity index (χ1) is 17.2. The minimum atomic E-state index is -1.32. The maximum absolute atomic E-state index is 13.0. The van der Waals surface area contributed by atoms with Crippen molar-refractivity contribution in [3.63, 3.8) is 0 Å². The first-order valence-electron chi connectivity index (χ1n) is 11.7. The lowest BCUT2D eigenvalue weighted by atomic mass is 10.0. The third-order valence-corrected chi connectivity index (χ3v) is 4.89. The minimum Gasteiger partial charge on any atom is -0.480 e. The van der Waals surface area contributed by atoms with E-state index < -0.39 is 40.9 Å². The summed E-state index contributed by atoms with van der Waals surface area (Å²) in [4.78, 5) is 52.8. The second-order valence-corrected chi connectivity index (χ2v) is 9.97. The van der Waals surface area contributed by atoms with E-state index in [9.17, 15) is 19.2 Å². The largest absolute Gasteiger partial charge is 0.480 e. The lowest BCUT2D eigenvalue weighted by Gasteiger charge is -2.28. The number of ether oxygens (including phenoxy) is 2. The third-order valence-electron chi connectivity index (χ3n) is 4.89. The topological polar surface area (TPSA) is 161 Å². The maximum Gasteiger partial charge on any atom is 0.408 e. The van der Waals surface area contributed by atoms with E-state index in [1.807, 2.05) is 30.3 Å². The van der Waals surface area contributed by atoms with Crippen LogP contribution in [0.4, 0.5) is 10.6 Å². The van der Waals surface area contributed by atoms with Crippen LogP contribution in [0, 0.1) is 5.92 Å². The number of carbonyl (C=O) groups excluding carboxylic acids is 3. The molecular formula is C25H35N5O7. The molecule has 1 aromatic carbocycles. The molecule has 0 bridgehead atoms. The molecule has 4 N–H and O–H groups in total. The average Bonchev–Trinajstić information content (AvgIpc) is 3.20. The highest BCUT2D eigenvalue weighted by Gasteiger charge is 2.32. The summed E-state index contributed by atoms with van der Waals surface area (Å²) in [5.74, 6) is -2.70. The summed E-state index contributed by atoms with van der Waals surface area (Å²) in [5, 5.41) is 16.7. The fraction of sp³-hybridized carbons (Fsp3) is 0.480. The fourth-order valence-electron chi connectivity index (χ4n) is 3.07. The Labute approximate surface area is 215 Å². The van der Waals surface area contributed by atoms with Gasteiger partial charge in [-0.2, -0.15) is 0 Å². The Bertz CT molecular complexity index is 1080. The van der Waals surface area contributed by atoms with Crippen molar-refractivity contribution in [2.75, 3.05) is 18.5 Å². The molecule has 0 saturated heterocycles. The van der Waals surface area contributed by atoms with Crippen LogP contribution in [0.5, 0.6) is 0 Å². The summed E-state index contributed by atoms with van der Waals surface area (Å²) in [5.41, 5.74) is -1.13. The maximum atomic E-state index is 13.0. The number of carboxylic acids is 1. The van der Waals surface area contributed by atoms with Gasteiger partial charge in [-0.05, 0) is 40.2 Å². The van der Waals surface area contributed by atoms with Crippen LogP contribution in [-0.2, 0) is 37.0 Å². The van der Waals surface area contributed by atoms with Gasteiger partial charge in [-0.15, -0.1) is 0 Å². The smallest absolute Gasteiger partial charge is 0.408 e. The molecule has 37 heavy (non-hydrogen) atoms. The molecule has 0 aliphatic rings. The standard InChI is InChI=1S/C25H35N5O7/c1-24(2,3)37-23(35)29-25(4,5)22(34)26-11-18(15-36-14-17-9-7-6-8-10-17)21(33)28-19-12-30(16-27-19)13-20(31)32/h6-10,12,16,18H,11,13-15H2,1-5H3,(H,26,34)(H,28,33)(H,29,35)(H,31,32)/t18-/m1/s1. The van der Waals surface area contributed by atoms with Crippen molar-refractivity contribution in [2.45, 2.75) is 58.9 Å². The molecule has 0 saturated carbocycles. The number of aromatic nitrogens is 2. The molecule has 2 aromatic rings. The van der Waals surface area contributed by atoms with Crippen molar-refractivity contribution < 1.29 is 33.8 Å². The van der Waals surface area contributed by atoms with Crippen LogP contribution in [0.25, 0.3) is 0 Å². The normalized spacial score (nSPS) is 12.4. The molecule has 0 unspecified atom stereocenters. The van der Waals surface area contributed by atoms with E-state index >= 15 is 0 Å². The number of amides is 3. The van der Waals surface area contributed by atoms with E-state index in [0.29, 0.717) is 0 Å². The van der Waals surface area contributed by atoms with Crippen LogP contribution in [0.3, 0.4) is 0 Å². The molecular weight excluding hydrogens is 482 g/mol. The summed E-state index contributed by atoms with van der Waals surface area (Å²) >= 11 is 0. The van der Waals surface area contributed by atoms with Crippen LogP contribution < -0.4 is 16.0 Å². The van der Waals surface area contributed by atoms with Crippen LogP contribution in [0.15, 0.2) is 42.9 Å². The number of aliphatic carboxylic acids is 1. The van der Waals surface area contributed by atoms with Crippen LogP contribution in [0.1, 0.15) is 40.2 Å². The number of anilines is 1. The number of imidazole rings is 1. The summed E-state index contributed by atoms with van der Waals surface area (Å²) in [7, 11) is 0. The number of hydrogen-bond acceptors (Lipinski definition) is 7. The van der Waals surface area contributed by atoms with Crippen molar-refractivity contribution in [2.24, 2.45) is 5.92 Å². The number of alkyl carbamates (subject to hydrolysis) is 1. The Morgan fingerprint density at radius 3 is 2.38 bits per heavy atom. The summed E-state index contributed by atoms with van der Waals surface area (Å²) in [6.07, 6.45) is 1.93. The second kappa shape index (κ2) is 12.9. The van der Waals surface area contributed by atoms with Crippen molar-refractivity contribution >= 4 is 29.7 Å². The van der Waals surface area contributed by atoms with Gasteiger partial charge in [0.1, 0.15) is 17.7 Å².